The summed E-state index contributed by atoms with van der Waals surface area (Å²) in [7, 11) is 0. The highest BCUT2D eigenvalue weighted by Crippen LogP contribution is 2.38. The molecule has 2 unspecified atom stereocenters. The maximum absolute atomic E-state index is 6.05. The second-order valence-electron chi connectivity index (χ2n) is 3.13. The lowest BCUT2D eigenvalue weighted by atomic mass is 10.1. The van der Waals surface area contributed by atoms with Crippen LogP contribution in [0.15, 0.2) is 11.4 Å². The molecule has 0 N–H and O–H groups in total. The van der Waals surface area contributed by atoms with Gasteiger partial charge in [-0.3, -0.25) is 0 Å². The van der Waals surface area contributed by atoms with Crippen LogP contribution in [0.5, 0.6) is 0 Å². The van der Waals surface area contributed by atoms with E-state index < -0.39 is 0 Å². The Morgan fingerprint density at radius 2 is 2.46 bits per heavy atom. The maximum atomic E-state index is 6.05. The Bertz CT molecular complexity index is 289. The molecule has 0 amide bonds. The average molecular weight is 329 g/mol. The van der Waals surface area contributed by atoms with E-state index in [1.807, 2.05) is 5.38 Å². The number of halogens is 2. The van der Waals surface area contributed by atoms with Crippen molar-refractivity contribution in [3.63, 3.8) is 0 Å². The third-order valence-corrected chi connectivity index (χ3v) is 4.46. The Balaban J connectivity index is 2.08. The molecule has 2 heterocycles. The summed E-state index contributed by atoms with van der Waals surface area (Å²) in [5.41, 5.74) is 1.18. The largest absolute Gasteiger partial charge is 0.369 e. The molecule has 0 aromatic carbocycles. The molecule has 0 spiro atoms. The van der Waals surface area contributed by atoms with Gasteiger partial charge in [-0.05, 0) is 24.3 Å². The number of hydrogen-bond acceptors (Lipinski definition) is 2. The second-order valence-corrected chi connectivity index (χ2v) is 5.53. The highest BCUT2D eigenvalue weighted by Gasteiger charge is 2.27. The molecular weight excluding hydrogens is 319 g/mol. The second kappa shape index (κ2) is 4.47. The van der Waals surface area contributed by atoms with E-state index in [1.54, 1.807) is 11.3 Å². The summed E-state index contributed by atoms with van der Waals surface area (Å²) < 4.78 is 7.82. The standard InChI is InChI=1S/C9H10ClIOS/c10-9-7(3-4-13-9)8-2-1-6(5-11)12-8/h3-4,6,8H,1-2,5H2. The summed E-state index contributed by atoms with van der Waals surface area (Å²) in [6.07, 6.45) is 2.96. The summed E-state index contributed by atoms with van der Waals surface area (Å²) in [4.78, 5) is 0. The van der Waals surface area contributed by atoms with Crippen LogP contribution in [0.25, 0.3) is 0 Å². The van der Waals surface area contributed by atoms with Crippen molar-refractivity contribution in [2.75, 3.05) is 4.43 Å². The zero-order chi connectivity index (χ0) is 9.26. The highest BCUT2D eigenvalue weighted by molar-refractivity contribution is 14.1. The highest BCUT2D eigenvalue weighted by atomic mass is 127. The quantitative estimate of drug-likeness (QED) is 0.588. The molecule has 1 nitrogen and oxygen atoms in total. The molecule has 2 rings (SSSR count). The smallest absolute Gasteiger partial charge is 0.0986 e. The normalized spacial score (nSPS) is 28.2. The van der Waals surface area contributed by atoms with Crippen LogP contribution in [-0.4, -0.2) is 10.5 Å². The van der Waals surface area contributed by atoms with Crippen LogP contribution >= 0.6 is 45.5 Å². The van der Waals surface area contributed by atoms with E-state index >= 15 is 0 Å². The topological polar surface area (TPSA) is 9.23 Å². The summed E-state index contributed by atoms with van der Waals surface area (Å²) in [5.74, 6) is 0. The monoisotopic (exact) mass is 328 g/mol. The van der Waals surface area contributed by atoms with E-state index in [1.165, 1.54) is 12.0 Å². The van der Waals surface area contributed by atoms with Gasteiger partial charge in [-0.1, -0.05) is 34.2 Å². The molecule has 1 aromatic rings. The molecule has 0 aliphatic carbocycles. The lowest BCUT2D eigenvalue weighted by molar-refractivity contribution is 0.0601. The van der Waals surface area contributed by atoms with Gasteiger partial charge in [0.25, 0.3) is 0 Å². The van der Waals surface area contributed by atoms with Crippen molar-refractivity contribution in [3.8, 4) is 0 Å². The van der Waals surface area contributed by atoms with E-state index in [-0.39, 0.29) is 6.10 Å². The molecule has 72 valence electrons. The molecule has 0 radical (unpaired) electrons. The molecule has 1 aliphatic heterocycles. The molecule has 0 bridgehead atoms. The van der Waals surface area contributed by atoms with E-state index in [0.29, 0.717) is 6.10 Å². The minimum atomic E-state index is 0.249. The molecule has 1 saturated heterocycles. The summed E-state index contributed by atoms with van der Waals surface area (Å²) in [6.45, 7) is 0. The number of rotatable bonds is 2. The van der Waals surface area contributed by atoms with Crippen molar-refractivity contribution in [3.05, 3.63) is 21.3 Å². The van der Waals surface area contributed by atoms with Crippen LogP contribution in [0.3, 0.4) is 0 Å². The molecular formula is C9H10ClIOS. The van der Waals surface area contributed by atoms with Gasteiger partial charge in [0, 0.05) is 9.99 Å². The Labute approximate surface area is 101 Å². The van der Waals surface area contributed by atoms with Crippen molar-refractivity contribution in [1.29, 1.82) is 0 Å². The third kappa shape index (κ3) is 2.19. The summed E-state index contributed by atoms with van der Waals surface area (Å²) in [5, 5.41) is 2.03. The molecule has 1 aliphatic rings. The molecule has 0 saturated carbocycles. The van der Waals surface area contributed by atoms with Gasteiger partial charge in [0.1, 0.15) is 0 Å². The number of alkyl halides is 1. The minimum absolute atomic E-state index is 0.249. The van der Waals surface area contributed by atoms with Gasteiger partial charge < -0.3 is 4.74 Å². The van der Waals surface area contributed by atoms with Crippen molar-refractivity contribution >= 4 is 45.5 Å². The van der Waals surface area contributed by atoms with Crippen molar-refractivity contribution < 1.29 is 4.74 Å². The van der Waals surface area contributed by atoms with Gasteiger partial charge in [-0.15, -0.1) is 11.3 Å². The minimum Gasteiger partial charge on any atom is -0.369 e. The molecule has 1 fully saturated rings. The maximum Gasteiger partial charge on any atom is 0.0986 e. The predicted octanol–water partition coefficient (Wildman–Crippen LogP) is 4.06. The van der Waals surface area contributed by atoms with Crippen LogP contribution in [-0.2, 0) is 4.74 Å². The summed E-state index contributed by atoms with van der Waals surface area (Å²) >= 11 is 10.0. The van der Waals surface area contributed by atoms with Crippen LogP contribution in [0.2, 0.25) is 4.34 Å². The van der Waals surface area contributed by atoms with Crippen molar-refractivity contribution in [1.82, 2.24) is 0 Å². The SMILES string of the molecule is Clc1sccc1C1CCC(CI)O1. The van der Waals surface area contributed by atoms with Crippen molar-refractivity contribution in [2.45, 2.75) is 25.0 Å². The van der Waals surface area contributed by atoms with Crippen LogP contribution in [0.4, 0.5) is 0 Å². The van der Waals surface area contributed by atoms with Crippen LogP contribution in [0, 0.1) is 0 Å². The molecule has 1 aromatic heterocycles. The molecule has 13 heavy (non-hydrogen) atoms. The van der Waals surface area contributed by atoms with E-state index in [9.17, 15) is 0 Å². The Hall–Kier alpha value is 0.680. The third-order valence-electron chi connectivity index (χ3n) is 2.27. The number of thiophene rings is 1. The fourth-order valence-corrected chi connectivity index (χ4v) is 3.24. The van der Waals surface area contributed by atoms with Gasteiger partial charge in [0.15, 0.2) is 0 Å². The fraction of sp³-hybridized carbons (Fsp3) is 0.556. The zero-order valence-electron chi connectivity index (χ0n) is 7.00. The van der Waals surface area contributed by atoms with Crippen LogP contribution in [0.1, 0.15) is 24.5 Å². The first-order valence-electron chi connectivity index (χ1n) is 4.25. The van der Waals surface area contributed by atoms with Crippen LogP contribution < -0.4 is 0 Å². The first-order chi connectivity index (χ1) is 6.31. The number of hydrogen-bond donors (Lipinski definition) is 0. The molecule has 4 heteroatoms. The van der Waals surface area contributed by atoms with Gasteiger partial charge in [-0.2, -0.15) is 0 Å². The molecule has 2 atom stereocenters. The van der Waals surface area contributed by atoms with E-state index in [2.05, 4.69) is 28.7 Å². The van der Waals surface area contributed by atoms with Gasteiger partial charge in [0.05, 0.1) is 16.5 Å². The lowest BCUT2D eigenvalue weighted by Crippen LogP contribution is -2.06. The Kier molecular flexibility index (Phi) is 3.51. The fourth-order valence-electron chi connectivity index (χ4n) is 1.58. The number of ether oxygens (including phenoxy) is 1. The van der Waals surface area contributed by atoms with Crippen molar-refractivity contribution in [2.24, 2.45) is 0 Å². The lowest BCUT2D eigenvalue weighted by Gasteiger charge is -2.10. The van der Waals surface area contributed by atoms with E-state index in [4.69, 9.17) is 16.3 Å². The first kappa shape index (κ1) is 10.2. The Morgan fingerprint density at radius 3 is 3.00 bits per heavy atom. The van der Waals surface area contributed by atoms with Gasteiger partial charge >= 0.3 is 0 Å². The van der Waals surface area contributed by atoms with Gasteiger partial charge in [0.2, 0.25) is 0 Å². The summed E-state index contributed by atoms with van der Waals surface area (Å²) in [6, 6.07) is 2.08. The zero-order valence-corrected chi connectivity index (χ0v) is 10.7. The first-order valence-corrected chi connectivity index (χ1v) is 7.04. The van der Waals surface area contributed by atoms with E-state index in [0.717, 1.165) is 15.2 Å². The Morgan fingerprint density at radius 1 is 1.62 bits per heavy atom. The predicted molar refractivity (Wildman–Crippen MR) is 65.1 cm³/mol. The van der Waals surface area contributed by atoms with Gasteiger partial charge in [-0.25, -0.2) is 0 Å². The average Bonchev–Trinajstić information content (AvgIpc) is 2.71.